The van der Waals surface area contributed by atoms with Gasteiger partial charge in [-0.3, -0.25) is 0 Å². The summed E-state index contributed by atoms with van der Waals surface area (Å²) in [6.45, 7) is 11.2. The number of nitrogens with zero attached hydrogens (tertiary/aromatic N) is 2. The molecule has 1 aliphatic rings. The van der Waals surface area contributed by atoms with E-state index < -0.39 is 5.60 Å². The molecular weight excluding hydrogens is 336 g/mol. The lowest BCUT2D eigenvalue weighted by Crippen LogP contribution is -2.46. The molecule has 1 saturated heterocycles. The molecule has 0 N–H and O–H groups in total. The van der Waals surface area contributed by atoms with Crippen molar-refractivity contribution in [2.24, 2.45) is 5.41 Å². The number of carbonyl (C=O) groups excluding carboxylic acids is 1. The van der Waals surface area contributed by atoms with Crippen molar-refractivity contribution >= 4 is 17.7 Å². The number of allylic oxidation sites excluding steroid dienone is 1. The standard InChI is InChI=1S/C20H25ClN2O2/c1-19(2,3)25-18(24)23-12-10-16(20(4,5)14-23)8-6-7-15-9-11-22-17(21)13-15/h8-9,11,13H,10,12,14H2,1-5H3/b16-8+. The third kappa shape index (κ3) is 5.79. The third-order valence-corrected chi connectivity index (χ3v) is 4.15. The van der Waals surface area contributed by atoms with Crippen molar-refractivity contribution in [1.29, 1.82) is 0 Å². The Hall–Kier alpha value is -1.99. The molecule has 1 amide bonds. The highest BCUT2D eigenvalue weighted by Crippen LogP contribution is 2.34. The van der Waals surface area contributed by atoms with E-state index in [1.165, 1.54) is 5.57 Å². The van der Waals surface area contributed by atoms with E-state index in [1.807, 2.05) is 32.9 Å². The van der Waals surface area contributed by atoms with Gasteiger partial charge in [-0.2, -0.15) is 0 Å². The lowest BCUT2D eigenvalue weighted by atomic mass is 9.79. The second-order valence-electron chi connectivity index (χ2n) is 7.84. The van der Waals surface area contributed by atoms with E-state index in [-0.39, 0.29) is 11.5 Å². The van der Waals surface area contributed by atoms with Gasteiger partial charge in [-0.1, -0.05) is 42.9 Å². The van der Waals surface area contributed by atoms with Gasteiger partial charge in [0.2, 0.25) is 0 Å². The summed E-state index contributed by atoms with van der Waals surface area (Å²) in [5.74, 6) is 6.18. The molecule has 1 aromatic heterocycles. The van der Waals surface area contributed by atoms with Crippen LogP contribution in [0.1, 0.15) is 46.6 Å². The summed E-state index contributed by atoms with van der Waals surface area (Å²) < 4.78 is 5.48. The Bertz CT molecular complexity index is 736. The van der Waals surface area contributed by atoms with Gasteiger partial charge in [-0.05, 0) is 45.4 Å². The molecule has 0 radical (unpaired) electrons. The van der Waals surface area contributed by atoms with Crippen molar-refractivity contribution < 1.29 is 9.53 Å². The van der Waals surface area contributed by atoms with Crippen LogP contribution in [0.25, 0.3) is 0 Å². The number of carbonyl (C=O) groups is 1. The first-order chi connectivity index (χ1) is 11.6. The predicted octanol–water partition coefficient (Wildman–Crippen LogP) is 4.68. The van der Waals surface area contributed by atoms with Crippen LogP contribution in [0.15, 0.2) is 30.0 Å². The number of piperidine rings is 1. The molecule has 1 fully saturated rings. The molecule has 0 spiro atoms. The van der Waals surface area contributed by atoms with E-state index in [2.05, 4.69) is 30.7 Å². The summed E-state index contributed by atoms with van der Waals surface area (Å²) in [5.41, 5.74) is 1.45. The monoisotopic (exact) mass is 360 g/mol. The summed E-state index contributed by atoms with van der Waals surface area (Å²) in [4.78, 5) is 18.0. The Morgan fingerprint density at radius 1 is 1.44 bits per heavy atom. The molecule has 0 aromatic carbocycles. The van der Waals surface area contributed by atoms with E-state index in [4.69, 9.17) is 16.3 Å². The van der Waals surface area contributed by atoms with Gasteiger partial charge in [0.15, 0.2) is 0 Å². The average Bonchev–Trinajstić information content (AvgIpc) is 2.46. The lowest BCUT2D eigenvalue weighted by Gasteiger charge is -2.40. The maximum atomic E-state index is 12.3. The van der Waals surface area contributed by atoms with Gasteiger partial charge < -0.3 is 9.64 Å². The second kappa shape index (κ2) is 7.49. The highest BCUT2D eigenvalue weighted by molar-refractivity contribution is 6.29. The molecule has 2 rings (SSSR count). The van der Waals surface area contributed by atoms with Crippen molar-refractivity contribution in [1.82, 2.24) is 9.88 Å². The van der Waals surface area contributed by atoms with Crippen LogP contribution in [0.5, 0.6) is 0 Å². The first kappa shape index (κ1) is 19.3. The molecule has 1 aromatic rings. The Balaban J connectivity index is 2.07. The van der Waals surface area contributed by atoms with Gasteiger partial charge in [0.1, 0.15) is 10.8 Å². The molecule has 1 aliphatic heterocycles. The van der Waals surface area contributed by atoms with Crippen molar-refractivity contribution in [2.45, 2.75) is 46.6 Å². The van der Waals surface area contributed by atoms with Crippen molar-refractivity contribution in [3.8, 4) is 11.8 Å². The highest BCUT2D eigenvalue weighted by atomic mass is 35.5. The first-order valence-corrected chi connectivity index (χ1v) is 8.75. The number of pyridine rings is 1. The van der Waals surface area contributed by atoms with Crippen molar-refractivity contribution in [3.63, 3.8) is 0 Å². The summed E-state index contributed by atoms with van der Waals surface area (Å²) in [6, 6.07) is 3.57. The quantitative estimate of drug-likeness (QED) is 0.498. The fourth-order valence-corrected chi connectivity index (χ4v) is 2.86. The number of aromatic nitrogens is 1. The number of amides is 1. The zero-order chi connectivity index (χ0) is 18.7. The van der Waals surface area contributed by atoms with Gasteiger partial charge in [0, 0.05) is 30.3 Å². The largest absolute Gasteiger partial charge is 0.444 e. The lowest BCUT2D eigenvalue weighted by molar-refractivity contribution is 0.0157. The molecule has 0 bridgehead atoms. The molecule has 4 nitrogen and oxygen atoms in total. The zero-order valence-corrected chi connectivity index (χ0v) is 16.3. The average molecular weight is 361 g/mol. The van der Waals surface area contributed by atoms with E-state index in [0.717, 1.165) is 12.0 Å². The van der Waals surface area contributed by atoms with Crippen LogP contribution in [-0.2, 0) is 4.74 Å². The molecule has 0 atom stereocenters. The molecule has 0 unspecified atom stereocenters. The van der Waals surface area contributed by atoms with Crippen molar-refractivity contribution in [3.05, 3.63) is 40.7 Å². The van der Waals surface area contributed by atoms with Crippen LogP contribution in [0.4, 0.5) is 4.79 Å². The molecule has 134 valence electrons. The topological polar surface area (TPSA) is 42.4 Å². The SMILES string of the molecule is CC(C)(C)OC(=O)N1CC/C(=C\C#Cc2ccnc(Cl)c2)C(C)(C)C1. The van der Waals surface area contributed by atoms with Gasteiger partial charge in [-0.25, -0.2) is 9.78 Å². The van der Waals surface area contributed by atoms with E-state index in [9.17, 15) is 4.79 Å². The molecule has 2 heterocycles. The minimum Gasteiger partial charge on any atom is -0.444 e. The van der Waals surface area contributed by atoms with Crippen LogP contribution in [0, 0.1) is 17.3 Å². The summed E-state index contributed by atoms with van der Waals surface area (Å²) in [6.07, 6.45) is 4.14. The summed E-state index contributed by atoms with van der Waals surface area (Å²) >= 11 is 5.87. The van der Waals surface area contributed by atoms with E-state index in [1.54, 1.807) is 17.2 Å². The minimum atomic E-state index is -0.478. The number of hydrogen-bond acceptors (Lipinski definition) is 3. The Morgan fingerprint density at radius 3 is 2.76 bits per heavy atom. The van der Waals surface area contributed by atoms with E-state index in [0.29, 0.717) is 18.2 Å². The van der Waals surface area contributed by atoms with Crippen molar-refractivity contribution in [2.75, 3.05) is 13.1 Å². The van der Waals surface area contributed by atoms with Gasteiger partial charge in [0.05, 0.1) is 0 Å². The minimum absolute atomic E-state index is 0.139. The number of ether oxygens (including phenoxy) is 1. The molecule has 0 aliphatic carbocycles. The Morgan fingerprint density at radius 2 is 2.16 bits per heavy atom. The van der Waals surface area contributed by atoms with Gasteiger partial charge >= 0.3 is 6.09 Å². The number of hydrogen-bond donors (Lipinski definition) is 0. The fourth-order valence-electron chi connectivity index (χ4n) is 2.69. The molecule has 0 saturated carbocycles. The summed E-state index contributed by atoms with van der Waals surface area (Å²) in [5, 5.41) is 0.436. The zero-order valence-electron chi connectivity index (χ0n) is 15.5. The van der Waals surface area contributed by atoms with Gasteiger partial charge in [0.25, 0.3) is 0 Å². The maximum absolute atomic E-state index is 12.3. The van der Waals surface area contributed by atoms with Crippen LogP contribution in [-0.4, -0.2) is 34.7 Å². The maximum Gasteiger partial charge on any atom is 0.410 e. The summed E-state index contributed by atoms with van der Waals surface area (Å²) in [7, 11) is 0. The van der Waals surface area contributed by atoms with Crippen LogP contribution < -0.4 is 0 Å². The molecular formula is C20H25ClN2O2. The van der Waals surface area contributed by atoms with E-state index >= 15 is 0 Å². The Kier molecular flexibility index (Phi) is 5.80. The van der Waals surface area contributed by atoms with Crippen LogP contribution in [0.3, 0.4) is 0 Å². The molecule has 25 heavy (non-hydrogen) atoms. The highest BCUT2D eigenvalue weighted by Gasteiger charge is 2.34. The van der Waals surface area contributed by atoms with Crippen LogP contribution >= 0.6 is 11.6 Å². The fraction of sp³-hybridized carbons (Fsp3) is 0.500. The predicted molar refractivity (Wildman–Crippen MR) is 100 cm³/mol. The third-order valence-electron chi connectivity index (χ3n) is 3.95. The smallest absolute Gasteiger partial charge is 0.410 e. The van der Waals surface area contributed by atoms with Gasteiger partial charge in [-0.15, -0.1) is 0 Å². The second-order valence-corrected chi connectivity index (χ2v) is 8.23. The first-order valence-electron chi connectivity index (χ1n) is 8.37. The number of halogens is 1. The molecule has 5 heteroatoms. The normalized spacial score (nSPS) is 18.5. The number of likely N-dealkylation sites (tertiary alicyclic amines) is 1. The Labute approximate surface area is 155 Å². The van der Waals surface area contributed by atoms with Crippen LogP contribution in [0.2, 0.25) is 5.15 Å². The number of rotatable bonds is 0.